The van der Waals surface area contributed by atoms with E-state index in [0.29, 0.717) is 31.0 Å². The number of likely N-dealkylation sites (tertiary alicyclic amines) is 1. The van der Waals surface area contributed by atoms with E-state index in [9.17, 15) is 14.0 Å². The van der Waals surface area contributed by atoms with Gasteiger partial charge in [-0.3, -0.25) is 9.59 Å². The van der Waals surface area contributed by atoms with E-state index in [1.165, 1.54) is 24.3 Å². The summed E-state index contributed by atoms with van der Waals surface area (Å²) in [6, 6.07) is 7.26. The van der Waals surface area contributed by atoms with Gasteiger partial charge in [0.2, 0.25) is 5.91 Å². The Morgan fingerprint density at radius 2 is 2.12 bits per heavy atom. The Kier molecular flexibility index (Phi) is 5.20. The van der Waals surface area contributed by atoms with Crippen LogP contribution in [0.1, 0.15) is 29.1 Å². The molecule has 1 aromatic carbocycles. The first kappa shape index (κ1) is 17.9. The van der Waals surface area contributed by atoms with Gasteiger partial charge in [-0.15, -0.1) is 0 Å². The predicted octanol–water partition coefficient (Wildman–Crippen LogP) is 1.91. The summed E-state index contributed by atoms with van der Waals surface area (Å²) in [4.78, 5) is 25.6. The fourth-order valence-corrected chi connectivity index (χ4v) is 3.12. The van der Waals surface area contributed by atoms with Gasteiger partial charge in [0, 0.05) is 37.9 Å². The highest BCUT2D eigenvalue weighted by Gasteiger charge is 2.35. The van der Waals surface area contributed by atoms with Crippen molar-refractivity contribution in [2.75, 3.05) is 13.1 Å². The number of carbonyl (C=O) groups excluding carboxylic acids is 2. The molecule has 0 unspecified atom stereocenters. The number of ether oxygens (including phenoxy) is 1. The van der Waals surface area contributed by atoms with Crippen LogP contribution < -0.4 is 10.5 Å². The number of nitrogens with zero attached hydrogens (tertiary/aromatic N) is 2. The number of hydrogen-bond donors (Lipinski definition) is 1. The van der Waals surface area contributed by atoms with Crippen molar-refractivity contribution in [1.29, 1.82) is 0 Å². The lowest BCUT2D eigenvalue weighted by atomic mass is 9.91. The molecule has 3 rings (SSSR count). The zero-order valence-corrected chi connectivity index (χ0v) is 14.4. The molecule has 2 aromatic rings. The number of nitrogens with two attached hydrogens (primary N) is 1. The van der Waals surface area contributed by atoms with Crippen molar-refractivity contribution in [3.05, 3.63) is 47.6 Å². The monoisotopic (exact) mass is 361 g/mol. The topological polar surface area (TPSA) is 98.7 Å². The van der Waals surface area contributed by atoms with E-state index >= 15 is 0 Å². The molecular weight excluding hydrogens is 341 g/mol. The molecule has 0 radical (unpaired) electrons. The maximum atomic E-state index is 13.0. The van der Waals surface area contributed by atoms with Crippen molar-refractivity contribution in [1.82, 2.24) is 10.1 Å². The molecular formula is C18H20FN3O4. The zero-order valence-electron chi connectivity index (χ0n) is 14.4. The highest BCUT2D eigenvalue weighted by atomic mass is 19.1. The van der Waals surface area contributed by atoms with E-state index < -0.39 is 5.91 Å². The number of benzene rings is 1. The fraction of sp³-hybridized carbons (Fsp3) is 0.389. The largest absolute Gasteiger partial charge is 0.490 e. The molecule has 0 saturated carbocycles. The van der Waals surface area contributed by atoms with Gasteiger partial charge in [-0.2, -0.15) is 0 Å². The summed E-state index contributed by atoms with van der Waals surface area (Å²) < 4.78 is 23.9. The third-order valence-corrected chi connectivity index (χ3v) is 4.36. The minimum absolute atomic E-state index is 0.0908. The third-order valence-electron chi connectivity index (χ3n) is 4.36. The summed E-state index contributed by atoms with van der Waals surface area (Å²) in [5, 5.41) is 3.75. The van der Waals surface area contributed by atoms with E-state index in [1.54, 1.807) is 17.9 Å². The number of carbonyl (C=O) groups is 2. The van der Waals surface area contributed by atoms with Gasteiger partial charge in [0.05, 0.1) is 0 Å². The Hall–Kier alpha value is -2.90. The van der Waals surface area contributed by atoms with Crippen LogP contribution >= 0.6 is 0 Å². The van der Waals surface area contributed by atoms with Gasteiger partial charge in [-0.05, 0) is 31.2 Å². The molecule has 1 aliphatic rings. The third kappa shape index (κ3) is 4.19. The molecule has 2 heterocycles. The van der Waals surface area contributed by atoms with Gasteiger partial charge >= 0.3 is 0 Å². The Bertz CT molecular complexity index is 790. The van der Waals surface area contributed by atoms with Gasteiger partial charge in [0.25, 0.3) is 5.91 Å². The molecule has 138 valence electrons. The van der Waals surface area contributed by atoms with Crippen molar-refractivity contribution >= 4 is 11.8 Å². The molecule has 7 nitrogen and oxygen atoms in total. The number of halogens is 1. The van der Waals surface area contributed by atoms with Crippen LogP contribution in [0.3, 0.4) is 0 Å². The van der Waals surface area contributed by atoms with Crippen LogP contribution in [0, 0.1) is 18.7 Å². The second-order valence-electron chi connectivity index (χ2n) is 6.40. The average Bonchev–Trinajstić information content (AvgIpc) is 3.03. The van der Waals surface area contributed by atoms with E-state index in [0.717, 1.165) is 0 Å². The minimum Gasteiger partial charge on any atom is -0.490 e. The standard InChI is InChI=1S/C18H20FN3O4/c1-11-8-15(21-26-11)18(24)22-7-6-16(12(10-22)9-17(20)23)25-14-4-2-13(19)3-5-14/h2-5,8,12,16H,6-7,9-10H2,1H3,(H2,20,23)/t12-,16-/m0/s1. The fourth-order valence-electron chi connectivity index (χ4n) is 3.12. The van der Waals surface area contributed by atoms with E-state index in [4.69, 9.17) is 15.0 Å². The summed E-state index contributed by atoms with van der Waals surface area (Å²) in [6.45, 7) is 2.48. The number of aryl methyl sites for hydroxylation is 1. The molecule has 0 aliphatic carbocycles. The van der Waals surface area contributed by atoms with Crippen LogP contribution in [0.15, 0.2) is 34.9 Å². The predicted molar refractivity (Wildman–Crippen MR) is 89.9 cm³/mol. The number of primary amides is 1. The second-order valence-corrected chi connectivity index (χ2v) is 6.40. The Morgan fingerprint density at radius 3 is 2.73 bits per heavy atom. The van der Waals surface area contributed by atoms with Crippen LogP contribution in [0.4, 0.5) is 4.39 Å². The molecule has 1 aliphatic heterocycles. The Balaban J connectivity index is 1.71. The van der Waals surface area contributed by atoms with Gasteiger partial charge in [0.1, 0.15) is 23.4 Å². The molecule has 0 spiro atoms. The van der Waals surface area contributed by atoms with Gasteiger partial charge < -0.3 is 19.9 Å². The summed E-state index contributed by atoms with van der Waals surface area (Å²) in [6.07, 6.45) is 0.321. The van der Waals surface area contributed by atoms with Crippen molar-refractivity contribution < 1.29 is 23.2 Å². The molecule has 2 atom stereocenters. The van der Waals surface area contributed by atoms with Crippen molar-refractivity contribution in [2.45, 2.75) is 25.9 Å². The van der Waals surface area contributed by atoms with E-state index in [-0.39, 0.29) is 35.9 Å². The first-order valence-corrected chi connectivity index (χ1v) is 8.35. The van der Waals surface area contributed by atoms with Crippen molar-refractivity contribution in [3.63, 3.8) is 0 Å². The van der Waals surface area contributed by atoms with Crippen LogP contribution in [-0.4, -0.2) is 41.1 Å². The molecule has 1 fully saturated rings. The maximum Gasteiger partial charge on any atom is 0.276 e. The molecule has 1 aromatic heterocycles. The smallest absolute Gasteiger partial charge is 0.276 e. The van der Waals surface area contributed by atoms with Gasteiger partial charge in [0.15, 0.2) is 5.69 Å². The van der Waals surface area contributed by atoms with Crippen LogP contribution in [0.2, 0.25) is 0 Å². The maximum absolute atomic E-state index is 13.0. The van der Waals surface area contributed by atoms with Gasteiger partial charge in [-0.25, -0.2) is 4.39 Å². The highest BCUT2D eigenvalue weighted by molar-refractivity contribution is 5.92. The van der Waals surface area contributed by atoms with Crippen molar-refractivity contribution in [2.24, 2.45) is 11.7 Å². The quantitative estimate of drug-likeness (QED) is 0.877. The molecule has 2 N–H and O–H groups in total. The molecule has 0 bridgehead atoms. The van der Waals surface area contributed by atoms with Crippen LogP contribution in [0.5, 0.6) is 5.75 Å². The molecule has 2 amide bonds. The SMILES string of the molecule is Cc1cc(C(=O)N2CC[C@H](Oc3ccc(F)cc3)[C@@H](CC(N)=O)C2)no1. The number of rotatable bonds is 5. The van der Waals surface area contributed by atoms with Crippen molar-refractivity contribution in [3.8, 4) is 5.75 Å². The summed E-state index contributed by atoms with van der Waals surface area (Å²) in [5.74, 6) is -0.266. The van der Waals surface area contributed by atoms with Crippen LogP contribution in [-0.2, 0) is 4.79 Å². The second kappa shape index (κ2) is 7.55. The number of hydrogen-bond acceptors (Lipinski definition) is 5. The Labute approximate surface area is 149 Å². The van der Waals surface area contributed by atoms with Gasteiger partial charge in [-0.1, -0.05) is 5.16 Å². The molecule has 8 heteroatoms. The first-order valence-electron chi connectivity index (χ1n) is 8.35. The number of amides is 2. The average molecular weight is 361 g/mol. The first-order chi connectivity index (χ1) is 12.4. The normalized spacial score (nSPS) is 20.0. The molecule has 1 saturated heterocycles. The lowest BCUT2D eigenvalue weighted by Crippen LogP contribution is -2.49. The molecule has 26 heavy (non-hydrogen) atoms. The Morgan fingerprint density at radius 1 is 1.38 bits per heavy atom. The summed E-state index contributed by atoms with van der Waals surface area (Å²) >= 11 is 0. The highest BCUT2D eigenvalue weighted by Crippen LogP contribution is 2.26. The lowest BCUT2D eigenvalue weighted by molar-refractivity contribution is -0.120. The van der Waals surface area contributed by atoms with E-state index in [1.807, 2.05) is 0 Å². The van der Waals surface area contributed by atoms with Crippen LogP contribution in [0.25, 0.3) is 0 Å². The number of piperidine rings is 1. The minimum atomic E-state index is -0.464. The lowest BCUT2D eigenvalue weighted by Gasteiger charge is -2.37. The summed E-state index contributed by atoms with van der Waals surface area (Å²) in [5.41, 5.74) is 5.59. The van der Waals surface area contributed by atoms with E-state index in [2.05, 4.69) is 5.16 Å². The summed E-state index contributed by atoms with van der Waals surface area (Å²) in [7, 11) is 0. The number of aromatic nitrogens is 1. The zero-order chi connectivity index (χ0) is 18.7.